The maximum absolute atomic E-state index is 11.9. The molecule has 2 heterocycles. The van der Waals surface area contributed by atoms with E-state index in [2.05, 4.69) is 20.6 Å². The normalized spacial score (nSPS) is 12.0. The Morgan fingerprint density at radius 3 is 2.78 bits per heavy atom. The molecule has 2 amide bonds. The fourth-order valence-electron chi connectivity index (χ4n) is 2.04. The zero-order chi connectivity index (χ0) is 16.7. The number of aromatic nitrogens is 3. The van der Waals surface area contributed by atoms with Crippen molar-refractivity contribution < 1.29 is 9.53 Å². The third-order valence-electron chi connectivity index (χ3n) is 3.03. The minimum atomic E-state index is -0.208. The second-order valence-electron chi connectivity index (χ2n) is 5.66. The number of ether oxygens (including phenoxy) is 1. The van der Waals surface area contributed by atoms with Gasteiger partial charge in [0.25, 0.3) is 0 Å². The molecule has 0 aliphatic carbocycles. The highest BCUT2D eigenvalue weighted by Crippen LogP contribution is 2.09. The number of urea groups is 1. The van der Waals surface area contributed by atoms with Crippen LogP contribution in [0.15, 0.2) is 37.1 Å². The van der Waals surface area contributed by atoms with Gasteiger partial charge in [-0.25, -0.2) is 14.8 Å². The highest BCUT2D eigenvalue weighted by Gasteiger charge is 2.07. The molecule has 0 spiro atoms. The number of nitrogens with one attached hydrogen (secondary N) is 2. The number of carbonyl (C=O) groups excluding carboxylic acids is 1. The van der Waals surface area contributed by atoms with Crippen molar-refractivity contribution in [3.8, 4) is 5.88 Å². The summed E-state index contributed by atoms with van der Waals surface area (Å²) in [6.45, 7) is 6.94. The second-order valence-corrected chi connectivity index (χ2v) is 5.66. The number of hydrogen-bond acceptors (Lipinski definition) is 4. The number of amides is 2. The molecule has 2 N–H and O–H groups in total. The first-order chi connectivity index (χ1) is 11.0. The molecule has 1 atom stereocenters. The summed E-state index contributed by atoms with van der Waals surface area (Å²) in [5, 5.41) is 5.70. The van der Waals surface area contributed by atoms with Gasteiger partial charge >= 0.3 is 6.03 Å². The molecule has 0 bridgehead atoms. The Morgan fingerprint density at radius 2 is 2.17 bits per heavy atom. The summed E-state index contributed by atoms with van der Waals surface area (Å²) in [5.41, 5.74) is 0.915. The molecule has 2 rings (SSSR count). The van der Waals surface area contributed by atoms with Crippen LogP contribution in [0.4, 0.5) is 4.79 Å². The molecular weight excluding hydrogens is 294 g/mol. The van der Waals surface area contributed by atoms with Crippen molar-refractivity contribution in [2.45, 2.75) is 46.0 Å². The standard InChI is InChI=1S/C16H23N5O2/c1-12(2)23-15-5-4-14(8-18-15)9-19-16(22)20-13(3)10-21-7-6-17-11-21/h4-8,11-13H,9-10H2,1-3H3,(H2,19,20,22)/t13-/m1/s1. The van der Waals surface area contributed by atoms with Gasteiger partial charge in [0.2, 0.25) is 5.88 Å². The van der Waals surface area contributed by atoms with E-state index < -0.39 is 0 Å². The zero-order valence-electron chi connectivity index (χ0n) is 13.7. The summed E-state index contributed by atoms with van der Waals surface area (Å²) in [5.74, 6) is 0.585. The van der Waals surface area contributed by atoms with Crippen LogP contribution < -0.4 is 15.4 Å². The van der Waals surface area contributed by atoms with E-state index in [9.17, 15) is 4.79 Å². The van der Waals surface area contributed by atoms with E-state index in [4.69, 9.17) is 4.74 Å². The average molecular weight is 317 g/mol. The number of rotatable bonds is 7. The van der Waals surface area contributed by atoms with Crippen molar-refractivity contribution in [1.29, 1.82) is 0 Å². The first-order valence-electron chi connectivity index (χ1n) is 7.64. The van der Waals surface area contributed by atoms with Gasteiger partial charge in [-0.3, -0.25) is 0 Å². The molecule has 0 saturated heterocycles. The molecule has 0 saturated carbocycles. The molecule has 0 unspecified atom stereocenters. The summed E-state index contributed by atoms with van der Waals surface area (Å²) in [4.78, 5) is 20.1. The molecule has 2 aromatic heterocycles. The SMILES string of the molecule is CC(C)Oc1ccc(CNC(=O)N[C@H](C)Cn2ccnc2)cn1. The highest BCUT2D eigenvalue weighted by atomic mass is 16.5. The predicted molar refractivity (Wildman–Crippen MR) is 87.1 cm³/mol. The Kier molecular flexibility index (Phi) is 5.96. The molecule has 0 radical (unpaired) electrons. The Bertz CT molecular complexity index is 595. The van der Waals surface area contributed by atoms with Gasteiger partial charge in [-0.2, -0.15) is 0 Å². The quantitative estimate of drug-likeness (QED) is 0.818. The van der Waals surface area contributed by atoms with E-state index in [1.54, 1.807) is 24.8 Å². The maximum atomic E-state index is 11.9. The van der Waals surface area contributed by atoms with Crippen molar-refractivity contribution >= 4 is 6.03 Å². The lowest BCUT2D eigenvalue weighted by Gasteiger charge is -2.15. The predicted octanol–water partition coefficient (Wildman–Crippen LogP) is 1.95. The Hall–Kier alpha value is -2.57. The van der Waals surface area contributed by atoms with Crippen LogP contribution in [-0.2, 0) is 13.1 Å². The molecule has 23 heavy (non-hydrogen) atoms. The minimum Gasteiger partial charge on any atom is -0.475 e. The van der Waals surface area contributed by atoms with Crippen LogP contribution in [-0.4, -0.2) is 32.7 Å². The maximum Gasteiger partial charge on any atom is 0.315 e. The molecule has 0 aliphatic rings. The topological polar surface area (TPSA) is 81.1 Å². The third-order valence-corrected chi connectivity index (χ3v) is 3.03. The number of nitrogens with zero attached hydrogens (tertiary/aromatic N) is 3. The van der Waals surface area contributed by atoms with Gasteiger partial charge in [-0.05, 0) is 26.3 Å². The first-order valence-corrected chi connectivity index (χ1v) is 7.64. The van der Waals surface area contributed by atoms with Crippen LogP contribution in [0.1, 0.15) is 26.3 Å². The van der Waals surface area contributed by atoms with E-state index >= 15 is 0 Å². The van der Waals surface area contributed by atoms with Crippen molar-refractivity contribution in [3.05, 3.63) is 42.6 Å². The minimum absolute atomic E-state index is 0.00384. The highest BCUT2D eigenvalue weighted by molar-refractivity contribution is 5.74. The molecule has 0 fully saturated rings. The zero-order valence-corrected chi connectivity index (χ0v) is 13.7. The summed E-state index contributed by atoms with van der Waals surface area (Å²) in [6, 6.07) is 3.49. The number of hydrogen-bond donors (Lipinski definition) is 2. The fourth-order valence-corrected chi connectivity index (χ4v) is 2.04. The van der Waals surface area contributed by atoms with E-state index in [-0.39, 0.29) is 18.2 Å². The van der Waals surface area contributed by atoms with E-state index in [1.807, 2.05) is 37.6 Å². The van der Waals surface area contributed by atoms with Crippen molar-refractivity contribution in [2.24, 2.45) is 0 Å². The number of imidazole rings is 1. The van der Waals surface area contributed by atoms with Gasteiger partial charge < -0.3 is 19.9 Å². The Labute approximate surface area is 136 Å². The van der Waals surface area contributed by atoms with Crippen LogP contribution >= 0.6 is 0 Å². The number of carbonyl (C=O) groups is 1. The molecule has 7 nitrogen and oxygen atoms in total. The van der Waals surface area contributed by atoms with Crippen LogP contribution in [0.2, 0.25) is 0 Å². The van der Waals surface area contributed by atoms with E-state index in [0.29, 0.717) is 19.0 Å². The lowest BCUT2D eigenvalue weighted by atomic mass is 10.3. The van der Waals surface area contributed by atoms with Gasteiger partial charge in [0.1, 0.15) is 0 Å². The Balaban J connectivity index is 1.73. The van der Waals surface area contributed by atoms with E-state index in [1.165, 1.54) is 0 Å². The molecule has 2 aromatic rings. The van der Waals surface area contributed by atoms with E-state index in [0.717, 1.165) is 5.56 Å². The van der Waals surface area contributed by atoms with Crippen LogP contribution in [0.5, 0.6) is 5.88 Å². The lowest BCUT2D eigenvalue weighted by molar-refractivity contribution is 0.232. The van der Waals surface area contributed by atoms with Gasteiger partial charge in [-0.1, -0.05) is 6.07 Å². The Morgan fingerprint density at radius 1 is 1.35 bits per heavy atom. The third kappa shape index (κ3) is 5.98. The van der Waals surface area contributed by atoms with Gasteiger partial charge in [0.05, 0.1) is 12.4 Å². The first kappa shape index (κ1) is 16.8. The van der Waals surface area contributed by atoms with Gasteiger partial charge in [-0.15, -0.1) is 0 Å². The summed E-state index contributed by atoms with van der Waals surface area (Å²) >= 11 is 0. The summed E-state index contributed by atoms with van der Waals surface area (Å²) < 4.78 is 7.40. The van der Waals surface area contributed by atoms with Gasteiger partial charge in [0.15, 0.2) is 0 Å². The summed E-state index contributed by atoms with van der Waals surface area (Å²) in [7, 11) is 0. The van der Waals surface area contributed by atoms with Crippen LogP contribution in [0.3, 0.4) is 0 Å². The lowest BCUT2D eigenvalue weighted by Crippen LogP contribution is -2.42. The molecule has 0 aliphatic heterocycles. The van der Waals surface area contributed by atoms with Gasteiger partial charge in [0, 0.05) is 43.8 Å². The van der Waals surface area contributed by atoms with Crippen LogP contribution in [0, 0.1) is 0 Å². The van der Waals surface area contributed by atoms with Crippen molar-refractivity contribution in [1.82, 2.24) is 25.2 Å². The molecular formula is C16H23N5O2. The van der Waals surface area contributed by atoms with Crippen molar-refractivity contribution in [3.63, 3.8) is 0 Å². The average Bonchev–Trinajstić information content (AvgIpc) is 2.98. The molecule has 124 valence electrons. The summed E-state index contributed by atoms with van der Waals surface area (Å²) in [6.07, 6.45) is 7.10. The largest absolute Gasteiger partial charge is 0.475 e. The second kappa shape index (κ2) is 8.17. The smallest absolute Gasteiger partial charge is 0.315 e. The molecule has 7 heteroatoms. The van der Waals surface area contributed by atoms with Crippen molar-refractivity contribution in [2.75, 3.05) is 0 Å². The van der Waals surface area contributed by atoms with Crippen LogP contribution in [0.25, 0.3) is 0 Å². The molecule has 0 aromatic carbocycles. The monoisotopic (exact) mass is 317 g/mol. The number of pyridine rings is 1. The fraction of sp³-hybridized carbons (Fsp3) is 0.438.